The quantitative estimate of drug-likeness (QED) is 0.425. The maximum absolute atomic E-state index is 13.5. The molecule has 1 N–H and O–H groups in total. The van der Waals surface area contributed by atoms with E-state index < -0.39 is 29.6 Å². The molecular weight excluding hydrogens is 472 g/mol. The molecule has 196 valence electrons. The molecule has 35 heavy (non-hydrogen) atoms. The Morgan fingerprint density at radius 2 is 1.86 bits per heavy atom. The number of nitrogens with one attached hydrogen (secondary N) is 1. The van der Waals surface area contributed by atoms with Gasteiger partial charge >= 0.3 is 11.9 Å². The minimum Gasteiger partial charge on any atom is -0.497 e. The van der Waals surface area contributed by atoms with Crippen LogP contribution in [-0.2, 0) is 30.3 Å². The Morgan fingerprint density at radius 1 is 1.14 bits per heavy atom. The highest BCUT2D eigenvalue weighted by atomic mass is 32.2. The zero-order valence-corrected chi connectivity index (χ0v) is 22.4. The summed E-state index contributed by atoms with van der Waals surface area (Å²) < 4.78 is 21.3. The van der Waals surface area contributed by atoms with Gasteiger partial charge < -0.3 is 23.8 Å². The summed E-state index contributed by atoms with van der Waals surface area (Å²) in [6.45, 7) is 7.82. The number of thioether (sulfide) groups is 1. The first-order chi connectivity index (χ1) is 16.7. The Bertz CT molecular complexity index is 881. The second-order valence-corrected chi connectivity index (χ2v) is 9.55. The van der Waals surface area contributed by atoms with Crippen LogP contribution in [0.3, 0.4) is 0 Å². The third kappa shape index (κ3) is 7.27. The number of carbonyl (C=O) groups is 3. The molecule has 1 amide bonds. The van der Waals surface area contributed by atoms with E-state index in [2.05, 4.69) is 5.32 Å². The molecule has 0 bridgehead atoms. The molecule has 0 aliphatic carbocycles. The van der Waals surface area contributed by atoms with Gasteiger partial charge in [0.2, 0.25) is 5.91 Å². The number of amides is 1. The molecule has 3 atom stereocenters. The van der Waals surface area contributed by atoms with Gasteiger partial charge in [-0.3, -0.25) is 14.9 Å². The second-order valence-electron chi connectivity index (χ2n) is 8.45. The fraction of sp³-hybridized carbons (Fsp3) is 0.640. The number of methoxy groups -OCH3 is 2. The molecule has 9 nitrogen and oxygen atoms in total. The SMILES string of the molecule is CCOC(=O)C(CCc1cc(OC)ccc1OC)N[C@@H](C)C(=O)N1CCSCC1(C)C(=O)OCC. The van der Waals surface area contributed by atoms with E-state index >= 15 is 0 Å². The van der Waals surface area contributed by atoms with Crippen LogP contribution in [0.1, 0.15) is 39.7 Å². The van der Waals surface area contributed by atoms with Gasteiger partial charge in [0.1, 0.15) is 23.1 Å². The maximum atomic E-state index is 13.5. The molecule has 1 aliphatic rings. The summed E-state index contributed by atoms with van der Waals surface area (Å²) in [5, 5.41) is 3.15. The Morgan fingerprint density at radius 3 is 2.49 bits per heavy atom. The summed E-state index contributed by atoms with van der Waals surface area (Å²) in [7, 11) is 3.18. The van der Waals surface area contributed by atoms with Crippen molar-refractivity contribution in [2.24, 2.45) is 0 Å². The lowest BCUT2D eigenvalue weighted by Crippen LogP contribution is -2.64. The maximum Gasteiger partial charge on any atom is 0.332 e. The van der Waals surface area contributed by atoms with Crippen LogP contribution >= 0.6 is 11.8 Å². The molecule has 1 fully saturated rings. The van der Waals surface area contributed by atoms with E-state index in [0.717, 1.165) is 11.3 Å². The average molecular weight is 511 g/mol. The fourth-order valence-electron chi connectivity index (χ4n) is 4.06. The van der Waals surface area contributed by atoms with Crippen LogP contribution in [-0.4, -0.2) is 85.9 Å². The average Bonchev–Trinajstić information content (AvgIpc) is 2.86. The number of hydrogen-bond donors (Lipinski definition) is 1. The molecule has 1 heterocycles. The topological polar surface area (TPSA) is 103 Å². The van der Waals surface area contributed by atoms with Crippen LogP contribution in [0, 0.1) is 0 Å². The summed E-state index contributed by atoms with van der Waals surface area (Å²) in [5.41, 5.74) is -0.177. The number of hydrogen-bond acceptors (Lipinski definition) is 9. The van der Waals surface area contributed by atoms with Crippen molar-refractivity contribution in [3.63, 3.8) is 0 Å². The van der Waals surface area contributed by atoms with E-state index in [9.17, 15) is 14.4 Å². The molecule has 1 aromatic rings. The van der Waals surface area contributed by atoms with Crippen molar-refractivity contribution in [1.82, 2.24) is 10.2 Å². The highest BCUT2D eigenvalue weighted by Gasteiger charge is 2.46. The number of aryl methyl sites for hydroxylation is 1. The van der Waals surface area contributed by atoms with Crippen LogP contribution in [0.5, 0.6) is 11.5 Å². The molecule has 1 saturated heterocycles. The minimum atomic E-state index is -1.06. The lowest BCUT2D eigenvalue weighted by Gasteiger charge is -2.43. The van der Waals surface area contributed by atoms with Crippen molar-refractivity contribution in [2.75, 3.05) is 45.5 Å². The summed E-state index contributed by atoms with van der Waals surface area (Å²) in [4.78, 5) is 40.5. The molecule has 1 aliphatic heterocycles. The molecule has 2 unspecified atom stereocenters. The smallest absolute Gasteiger partial charge is 0.332 e. The zero-order valence-electron chi connectivity index (χ0n) is 21.5. The van der Waals surface area contributed by atoms with Crippen molar-refractivity contribution in [1.29, 1.82) is 0 Å². The van der Waals surface area contributed by atoms with E-state index in [1.54, 1.807) is 58.6 Å². The molecule has 1 aromatic carbocycles. The summed E-state index contributed by atoms with van der Waals surface area (Å²) in [6, 6.07) is 4.05. The van der Waals surface area contributed by atoms with Gasteiger partial charge in [-0.1, -0.05) is 0 Å². The van der Waals surface area contributed by atoms with Crippen molar-refractivity contribution in [3.8, 4) is 11.5 Å². The third-order valence-electron chi connectivity index (χ3n) is 6.00. The van der Waals surface area contributed by atoms with Gasteiger partial charge in [-0.05, 0) is 64.3 Å². The Hall–Kier alpha value is -2.46. The summed E-state index contributed by atoms with van der Waals surface area (Å²) >= 11 is 1.62. The number of benzene rings is 1. The molecule has 10 heteroatoms. The van der Waals surface area contributed by atoms with Crippen LogP contribution < -0.4 is 14.8 Å². The molecule has 0 radical (unpaired) electrons. The largest absolute Gasteiger partial charge is 0.497 e. The zero-order chi connectivity index (χ0) is 26.0. The minimum absolute atomic E-state index is 0.228. The summed E-state index contributed by atoms with van der Waals surface area (Å²) in [5.74, 6) is 1.45. The van der Waals surface area contributed by atoms with Gasteiger partial charge in [-0.2, -0.15) is 11.8 Å². The van der Waals surface area contributed by atoms with Crippen molar-refractivity contribution in [3.05, 3.63) is 23.8 Å². The highest BCUT2D eigenvalue weighted by molar-refractivity contribution is 7.99. The van der Waals surface area contributed by atoms with Gasteiger partial charge in [0.05, 0.1) is 33.5 Å². The van der Waals surface area contributed by atoms with E-state index in [1.165, 1.54) is 0 Å². The predicted molar refractivity (Wildman–Crippen MR) is 135 cm³/mol. The normalized spacial score (nSPS) is 19.4. The monoisotopic (exact) mass is 510 g/mol. The van der Waals surface area contributed by atoms with Crippen LogP contribution in [0.25, 0.3) is 0 Å². The van der Waals surface area contributed by atoms with Crippen LogP contribution in [0.2, 0.25) is 0 Å². The number of rotatable bonds is 12. The van der Waals surface area contributed by atoms with Gasteiger partial charge in [-0.25, -0.2) is 4.79 Å². The standard InChI is InChI=1S/C25H38N2O7S/c1-7-33-23(29)20(11-9-18-15-19(31-5)10-12-21(18)32-6)26-17(3)22(28)27-13-14-35-16-25(27,4)24(30)34-8-2/h10,12,15,17,20,26H,7-9,11,13-14,16H2,1-6H3/t17-,20?,25?/m0/s1. The molecule has 0 aromatic heterocycles. The van der Waals surface area contributed by atoms with E-state index in [4.69, 9.17) is 18.9 Å². The number of carbonyl (C=O) groups excluding carboxylic acids is 3. The van der Waals surface area contributed by atoms with Crippen molar-refractivity contribution < 1.29 is 33.3 Å². The van der Waals surface area contributed by atoms with Crippen molar-refractivity contribution in [2.45, 2.75) is 58.2 Å². The van der Waals surface area contributed by atoms with Gasteiger partial charge in [-0.15, -0.1) is 0 Å². The first-order valence-electron chi connectivity index (χ1n) is 11.9. The Balaban J connectivity index is 2.18. The molecular formula is C25H38N2O7S. The van der Waals surface area contributed by atoms with Crippen molar-refractivity contribution >= 4 is 29.6 Å². The molecule has 0 spiro atoms. The Kier molecular flexibility index (Phi) is 11.2. The number of ether oxygens (including phenoxy) is 4. The second kappa shape index (κ2) is 13.6. The third-order valence-corrected chi connectivity index (χ3v) is 7.24. The summed E-state index contributed by atoms with van der Waals surface area (Å²) in [6.07, 6.45) is 0.879. The number of esters is 2. The van der Waals surface area contributed by atoms with Crippen LogP contribution in [0.15, 0.2) is 18.2 Å². The Labute approximate surface area is 212 Å². The van der Waals surface area contributed by atoms with Gasteiger partial charge in [0.25, 0.3) is 0 Å². The first-order valence-corrected chi connectivity index (χ1v) is 13.1. The van der Waals surface area contributed by atoms with Gasteiger partial charge in [0, 0.05) is 18.1 Å². The van der Waals surface area contributed by atoms with E-state index in [-0.39, 0.29) is 19.1 Å². The van der Waals surface area contributed by atoms with E-state index in [0.29, 0.717) is 36.6 Å². The molecule has 2 rings (SSSR count). The fourth-order valence-corrected chi connectivity index (χ4v) is 5.18. The predicted octanol–water partition coefficient (Wildman–Crippen LogP) is 2.44. The number of nitrogens with zero attached hydrogens (tertiary/aromatic N) is 1. The molecule has 0 saturated carbocycles. The first kappa shape index (κ1) is 28.8. The lowest BCUT2D eigenvalue weighted by molar-refractivity contribution is -0.162. The van der Waals surface area contributed by atoms with Gasteiger partial charge in [0.15, 0.2) is 0 Å². The van der Waals surface area contributed by atoms with E-state index in [1.807, 2.05) is 18.2 Å². The van der Waals surface area contributed by atoms with Crippen LogP contribution in [0.4, 0.5) is 0 Å². The highest BCUT2D eigenvalue weighted by Crippen LogP contribution is 2.29. The lowest BCUT2D eigenvalue weighted by atomic mass is 10.00.